The molecule has 128 valence electrons. The Kier molecular flexibility index (Phi) is 6.71. The second-order valence-corrected chi connectivity index (χ2v) is 6.17. The van der Waals surface area contributed by atoms with Crippen LogP contribution in [-0.4, -0.2) is 55.7 Å². The van der Waals surface area contributed by atoms with Crippen LogP contribution in [0.25, 0.3) is 0 Å². The molecule has 0 radical (unpaired) electrons. The Hall–Kier alpha value is -1.75. The normalized spacial score (nSPS) is 15.5. The number of ether oxygens (including phenoxy) is 1. The second-order valence-electron chi connectivity index (χ2n) is 6.17. The van der Waals surface area contributed by atoms with Crippen molar-refractivity contribution in [3.05, 3.63) is 23.8 Å². The Morgan fingerprint density at radius 1 is 1.22 bits per heavy atom. The lowest BCUT2D eigenvalue weighted by Crippen LogP contribution is -2.50. The van der Waals surface area contributed by atoms with Crippen LogP contribution in [-0.2, 0) is 0 Å². The number of nitrogens with zero attached hydrogens (tertiary/aromatic N) is 2. The minimum Gasteiger partial charge on any atom is -0.495 e. The first-order valence-electron chi connectivity index (χ1n) is 8.57. The van der Waals surface area contributed by atoms with E-state index in [2.05, 4.69) is 17.1 Å². The van der Waals surface area contributed by atoms with Crippen molar-refractivity contribution >= 4 is 11.7 Å². The summed E-state index contributed by atoms with van der Waals surface area (Å²) in [6.07, 6.45) is 3.79. The Balaban J connectivity index is 1.84. The summed E-state index contributed by atoms with van der Waals surface area (Å²) in [5, 5.41) is 2.98. The van der Waals surface area contributed by atoms with Gasteiger partial charge in [0.1, 0.15) is 5.75 Å². The fourth-order valence-electron chi connectivity index (χ4n) is 2.87. The number of hydrogen-bond acceptors (Lipinski definition) is 3. The highest BCUT2D eigenvalue weighted by Gasteiger charge is 2.21. The fraction of sp³-hybridized carbons (Fsp3) is 0.611. The van der Waals surface area contributed by atoms with Crippen LogP contribution >= 0.6 is 0 Å². The average molecular weight is 319 g/mol. The number of urea groups is 1. The summed E-state index contributed by atoms with van der Waals surface area (Å²) < 4.78 is 5.32. The maximum absolute atomic E-state index is 12.5. The first-order chi connectivity index (χ1) is 11.1. The van der Waals surface area contributed by atoms with Crippen molar-refractivity contribution in [2.45, 2.75) is 33.1 Å². The molecule has 5 heteroatoms. The summed E-state index contributed by atoms with van der Waals surface area (Å²) in [6, 6.07) is 5.76. The Morgan fingerprint density at radius 2 is 1.96 bits per heavy atom. The minimum atomic E-state index is -0.0397. The number of rotatable bonds is 6. The van der Waals surface area contributed by atoms with Crippen LogP contribution in [0.2, 0.25) is 0 Å². The standard InChI is InChI=1S/C18H29N3O2/c1-4-5-6-9-20-10-12-21(13-11-20)18(22)19-16-14-15(2)7-8-17(16)23-3/h7-8,14H,4-6,9-13H2,1-3H3,(H,19,22). The summed E-state index contributed by atoms with van der Waals surface area (Å²) in [7, 11) is 1.62. The molecule has 0 aromatic heterocycles. The second kappa shape index (κ2) is 8.77. The number of methoxy groups -OCH3 is 1. The lowest BCUT2D eigenvalue weighted by Gasteiger charge is -2.34. The zero-order chi connectivity index (χ0) is 16.7. The van der Waals surface area contributed by atoms with E-state index < -0.39 is 0 Å². The van der Waals surface area contributed by atoms with Gasteiger partial charge in [0, 0.05) is 26.2 Å². The van der Waals surface area contributed by atoms with Crippen LogP contribution in [0, 0.1) is 6.92 Å². The first kappa shape index (κ1) is 17.6. The smallest absolute Gasteiger partial charge is 0.322 e. The van der Waals surface area contributed by atoms with Crippen LogP contribution in [0.1, 0.15) is 31.7 Å². The summed E-state index contributed by atoms with van der Waals surface area (Å²) in [4.78, 5) is 16.8. The fourth-order valence-corrected chi connectivity index (χ4v) is 2.87. The molecule has 1 aromatic carbocycles. The van der Waals surface area contributed by atoms with Crippen molar-refractivity contribution in [2.24, 2.45) is 0 Å². The molecule has 0 atom stereocenters. The highest BCUT2D eigenvalue weighted by atomic mass is 16.5. The van der Waals surface area contributed by atoms with E-state index >= 15 is 0 Å². The quantitative estimate of drug-likeness (QED) is 0.818. The van der Waals surface area contributed by atoms with Crippen molar-refractivity contribution in [2.75, 3.05) is 45.2 Å². The van der Waals surface area contributed by atoms with Crippen LogP contribution < -0.4 is 10.1 Å². The summed E-state index contributed by atoms with van der Waals surface area (Å²) in [5.41, 5.74) is 1.84. The van der Waals surface area contributed by atoms with Crippen molar-refractivity contribution in [1.29, 1.82) is 0 Å². The van der Waals surface area contributed by atoms with E-state index in [-0.39, 0.29) is 6.03 Å². The Morgan fingerprint density at radius 3 is 2.61 bits per heavy atom. The van der Waals surface area contributed by atoms with E-state index in [1.807, 2.05) is 30.0 Å². The van der Waals surface area contributed by atoms with Gasteiger partial charge >= 0.3 is 6.03 Å². The van der Waals surface area contributed by atoms with Crippen LogP contribution in [0.5, 0.6) is 5.75 Å². The van der Waals surface area contributed by atoms with Crippen LogP contribution in [0.3, 0.4) is 0 Å². The lowest BCUT2D eigenvalue weighted by molar-refractivity contribution is 0.146. The van der Waals surface area contributed by atoms with E-state index in [0.717, 1.165) is 44.0 Å². The molecule has 23 heavy (non-hydrogen) atoms. The highest BCUT2D eigenvalue weighted by Crippen LogP contribution is 2.25. The molecule has 0 bridgehead atoms. The van der Waals surface area contributed by atoms with Gasteiger partial charge in [-0.2, -0.15) is 0 Å². The number of benzene rings is 1. The minimum absolute atomic E-state index is 0.0397. The third-order valence-corrected chi connectivity index (χ3v) is 4.33. The van der Waals surface area contributed by atoms with Gasteiger partial charge < -0.3 is 15.0 Å². The summed E-state index contributed by atoms with van der Waals surface area (Å²) >= 11 is 0. The largest absolute Gasteiger partial charge is 0.495 e. The number of carbonyl (C=O) groups excluding carboxylic acids is 1. The third kappa shape index (κ3) is 5.13. The van der Waals surface area contributed by atoms with Gasteiger partial charge in [-0.15, -0.1) is 0 Å². The molecule has 2 rings (SSSR count). The van der Waals surface area contributed by atoms with Gasteiger partial charge in [-0.25, -0.2) is 4.79 Å². The summed E-state index contributed by atoms with van der Waals surface area (Å²) in [5.74, 6) is 0.696. The topological polar surface area (TPSA) is 44.8 Å². The predicted octanol–water partition coefficient (Wildman–Crippen LogP) is 3.34. The molecule has 1 aliphatic rings. The number of piperazine rings is 1. The molecule has 2 amide bonds. The number of nitrogens with one attached hydrogen (secondary N) is 1. The van der Waals surface area contributed by atoms with E-state index in [9.17, 15) is 4.79 Å². The van der Waals surface area contributed by atoms with Crippen LogP contribution in [0.15, 0.2) is 18.2 Å². The van der Waals surface area contributed by atoms with Gasteiger partial charge in [0.25, 0.3) is 0 Å². The zero-order valence-electron chi connectivity index (χ0n) is 14.6. The van der Waals surface area contributed by atoms with E-state index in [4.69, 9.17) is 4.74 Å². The molecule has 1 aliphatic heterocycles. The molecule has 0 saturated carbocycles. The first-order valence-corrected chi connectivity index (χ1v) is 8.57. The van der Waals surface area contributed by atoms with Gasteiger partial charge in [-0.1, -0.05) is 25.8 Å². The lowest BCUT2D eigenvalue weighted by atomic mass is 10.2. The van der Waals surface area contributed by atoms with Gasteiger partial charge in [0.05, 0.1) is 12.8 Å². The number of hydrogen-bond donors (Lipinski definition) is 1. The van der Waals surface area contributed by atoms with Crippen molar-refractivity contribution in [3.63, 3.8) is 0 Å². The molecule has 1 heterocycles. The molecule has 0 unspecified atom stereocenters. The summed E-state index contributed by atoms with van der Waals surface area (Å²) in [6.45, 7) is 8.86. The van der Waals surface area contributed by atoms with Crippen molar-refractivity contribution in [1.82, 2.24) is 9.80 Å². The third-order valence-electron chi connectivity index (χ3n) is 4.33. The molecule has 0 spiro atoms. The predicted molar refractivity (Wildman–Crippen MR) is 94.3 cm³/mol. The van der Waals surface area contributed by atoms with Crippen LogP contribution in [0.4, 0.5) is 10.5 Å². The maximum Gasteiger partial charge on any atom is 0.322 e. The Labute approximate surface area is 139 Å². The number of aryl methyl sites for hydroxylation is 1. The molecular formula is C18H29N3O2. The van der Waals surface area contributed by atoms with E-state index in [0.29, 0.717) is 5.75 Å². The molecule has 1 N–H and O–H groups in total. The highest BCUT2D eigenvalue weighted by molar-refractivity contribution is 5.91. The van der Waals surface area contributed by atoms with Gasteiger partial charge in [-0.05, 0) is 37.6 Å². The number of unbranched alkanes of at least 4 members (excludes halogenated alkanes) is 2. The SMILES string of the molecule is CCCCCN1CCN(C(=O)Nc2cc(C)ccc2OC)CC1. The van der Waals surface area contributed by atoms with Crippen molar-refractivity contribution < 1.29 is 9.53 Å². The monoisotopic (exact) mass is 319 g/mol. The van der Waals surface area contributed by atoms with E-state index in [1.54, 1.807) is 7.11 Å². The molecular weight excluding hydrogens is 290 g/mol. The van der Waals surface area contributed by atoms with E-state index in [1.165, 1.54) is 19.3 Å². The molecule has 1 fully saturated rings. The maximum atomic E-state index is 12.5. The number of carbonyl (C=O) groups is 1. The average Bonchev–Trinajstić information content (AvgIpc) is 2.56. The molecule has 5 nitrogen and oxygen atoms in total. The molecule has 1 aromatic rings. The molecule has 1 saturated heterocycles. The molecule has 0 aliphatic carbocycles. The number of anilines is 1. The number of amides is 2. The zero-order valence-corrected chi connectivity index (χ0v) is 14.6. The van der Waals surface area contributed by atoms with Gasteiger partial charge in [0.15, 0.2) is 0 Å². The van der Waals surface area contributed by atoms with Gasteiger partial charge in [0.2, 0.25) is 0 Å². The van der Waals surface area contributed by atoms with Gasteiger partial charge in [-0.3, -0.25) is 4.90 Å². The van der Waals surface area contributed by atoms with Crippen molar-refractivity contribution in [3.8, 4) is 5.75 Å². The Bertz CT molecular complexity index is 511.